The summed E-state index contributed by atoms with van der Waals surface area (Å²) in [6.07, 6.45) is 0. The molecule has 0 radical (unpaired) electrons. The molecule has 1 N–H and O–H groups in total. The number of thiocarbonyl (C=S) groups is 1. The van der Waals surface area contributed by atoms with Crippen molar-refractivity contribution in [3.8, 4) is 0 Å². The molecule has 0 bridgehead atoms. The minimum Gasteiger partial charge on any atom is -0.466 e. The normalized spacial score (nSPS) is 15.1. The van der Waals surface area contributed by atoms with E-state index >= 15 is 0 Å². The minimum absolute atomic E-state index is 0.0418. The third-order valence-electron chi connectivity index (χ3n) is 1.96. The smallest absolute Gasteiger partial charge is 0.261 e. The second-order valence-electron chi connectivity index (χ2n) is 2.96. The predicted octanol–water partition coefficient (Wildman–Crippen LogP) is 1.84. The summed E-state index contributed by atoms with van der Waals surface area (Å²) in [5.74, 6) is 0. The highest BCUT2D eigenvalue weighted by Gasteiger charge is 2.17. The number of fused-ring (bicyclic) bond motifs is 1. The molecule has 7 heteroatoms. The van der Waals surface area contributed by atoms with Crippen molar-refractivity contribution in [2.45, 2.75) is 11.5 Å². The average molecular weight is 264 g/mol. The summed E-state index contributed by atoms with van der Waals surface area (Å²) in [5, 5.41) is 2.99. The van der Waals surface area contributed by atoms with Gasteiger partial charge in [0, 0.05) is 21.9 Å². The highest BCUT2D eigenvalue weighted by molar-refractivity contribution is 8.13. The molecule has 0 atom stereocenters. The van der Waals surface area contributed by atoms with E-state index in [4.69, 9.17) is 27.6 Å². The Labute approximate surface area is 96.6 Å². The molecule has 0 aromatic heterocycles. The maximum absolute atomic E-state index is 11.1. The molecule has 1 aromatic carbocycles. The Morgan fingerprint density at radius 3 is 2.87 bits per heavy atom. The third-order valence-corrected chi connectivity index (χ3v) is 3.53. The van der Waals surface area contributed by atoms with Crippen LogP contribution in [-0.2, 0) is 20.4 Å². The maximum atomic E-state index is 11.1. The summed E-state index contributed by atoms with van der Waals surface area (Å²) in [5.41, 5.74) is 1.46. The van der Waals surface area contributed by atoms with Crippen LogP contribution in [0.25, 0.3) is 0 Å². The molecule has 0 fully saturated rings. The van der Waals surface area contributed by atoms with Crippen molar-refractivity contribution >= 4 is 42.8 Å². The summed E-state index contributed by atoms with van der Waals surface area (Å²) >= 11 is 4.80. The molecule has 1 aliphatic heterocycles. The van der Waals surface area contributed by atoms with Crippen molar-refractivity contribution in [1.29, 1.82) is 0 Å². The van der Waals surface area contributed by atoms with Gasteiger partial charge in [-0.1, -0.05) is 6.07 Å². The number of ether oxygens (including phenoxy) is 1. The fourth-order valence-electron chi connectivity index (χ4n) is 1.24. The number of benzene rings is 1. The molecule has 0 spiro atoms. The van der Waals surface area contributed by atoms with Crippen LogP contribution in [0.1, 0.15) is 5.56 Å². The van der Waals surface area contributed by atoms with Gasteiger partial charge in [-0.15, -0.1) is 0 Å². The SMILES string of the molecule is O=S(=O)(Cl)c1ccc2c(c1)NC(=S)OC2. The van der Waals surface area contributed by atoms with Crippen molar-refractivity contribution in [2.24, 2.45) is 0 Å². The number of rotatable bonds is 1. The molecule has 15 heavy (non-hydrogen) atoms. The first-order chi connectivity index (χ1) is 6.97. The van der Waals surface area contributed by atoms with Gasteiger partial charge in [0.25, 0.3) is 14.2 Å². The first-order valence-corrected chi connectivity index (χ1v) is 6.70. The van der Waals surface area contributed by atoms with Gasteiger partial charge < -0.3 is 10.1 Å². The average Bonchev–Trinajstić information content (AvgIpc) is 2.15. The Kier molecular flexibility index (Phi) is 2.57. The second-order valence-corrected chi connectivity index (χ2v) is 5.89. The van der Waals surface area contributed by atoms with Crippen LogP contribution in [0.4, 0.5) is 5.69 Å². The van der Waals surface area contributed by atoms with Gasteiger partial charge in [-0.2, -0.15) is 0 Å². The molecule has 1 heterocycles. The van der Waals surface area contributed by atoms with Crippen LogP contribution in [0, 0.1) is 0 Å². The first-order valence-electron chi connectivity index (χ1n) is 3.98. The van der Waals surface area contributed by atoms with Crippen LogP contribution < -0.4 is 5.32 Å². The van der Waals surface area contributed by atoms with Crippen molar-refractivity contribution < 1.29 is 13.2 Å². The topological polar surface area (TPSA) is 55.4 Å². The van der Waals surface area contributed by atoms with Crippen LogP contribution >= 0.6 is 22.9 Å². The van der Waals surface area contributed by atoms with Gasteiger partial charge in [0.05, 0.1) is 4.90 Å². The van der Waals surface area contributed by atoms with Gasteiger partial charge in [-0.3, -0.25) is 0 Å². The molecular weight excluding hydrogens is 258 g/mol. The number of hydrogen-bond acceptors (Lipinski definition) is 4. The van der Waals surface area contributed by atoms with Crippen molar-refractivity contribution in [3.05, 3.63) is 23.8 Å². The van der Waals surface area contributed by atoms with E-state index in [1.807, 2.05) is 0 Å². The minimum atomic E-state index is -3.71. The molecule has 0 saturated carbocycles. The molecular formula is C8H6ClNO3S2. The largest absolute Gasteiger partial charge is 0.466 e. The van der Waals surface area contributed by atoms with Crippen molar-refractivity contribution in [2.75, 3.05) is 5.32 Å². The highest BCUT2D eigenvalue weighted by Crippen LogP contribution is 2.26. The summed E-state index contributed by atoms with van der Waals surface area (Å²) in [6.45, 7) is 0.337. The van der Waals surface area contributed by atoms with Crippen molar-refractivity contribution in [1.82, 2.24) is 0 Å². The standard InChI is InChI=1S/C8H6ClNO3S2/c9-15(11,12)6-2-1-5-4-13-8(14)10-7(5)3-6/h1-3H,4H2,(H,10,14). The Morgan fingerprint density at radius 1 is 1.47 bits per heavy atom. The number of hydrogen-bond donors (Lipinski definition) is 1. The van der Waals surface area contributed by atoms with Gasteiger partial charge >= 0.3 is 0 Å². The van der Waals surface area contributed by atoms with E-state index in [0.29, 0.717) is 12.3 Å². The van der Waals surface area contributed by atoms with E-state index in [0.717, 1.165) is 5.56 Å². The number of halogens is 1. The fourth-order valence-corrected chi connectivity index (χ4v) is 2.18. The van der Waals surface area contributed by atoms with Crippen LogP contribution in [0.5, 0.6) is 0 Å². The lowest BCUT2D eigenvalue weighted by Crippen LogP contribution is -2.20. The van der Waals surface area contributed by atoms with Crippen LogP contribution in [0.3, 0.4) is 0 Å². The van der Waals surface area contributed by atoms with E-state index < -0.39 is 9.05 Å². The van der Waals surface area contributed by atoms with Gasteiger partial charge in [-0.25, -0.2) is 8.42 Å². The zero-order valence-corrected chi connectivity index (χ0v) is 9.75. The molecule has 0 aliphatic carbocycles. The summed E-state index contributed by atoms with van der Waals surface area (Å²) in [7, 11) is 1.51. The van der Waals surface area contributed by atoms with Gasteiger partial charge in [0.15, 0.2) is 0 Å². The lowest BCUT2D eigenvalue weighted by molar-refractivity contribution is 0.294. The second kappa shape index (κ2) is 3.62. The van der Waals surface area contributed by atoms with Crippen LogP contribution in [-0.4, -0.2) is 13.6 Å². The molecule has 0 amide bonds. The van der Waals surface area contributed by atoms with E-state index in [2.05, 4.69) is 5.32 Å². The van der Waals surface area contributed by atoms with E-state index in [-0.39, 0.29) is 10.1 Å². The zero-order valence-electron chi connectivity index (χ0n) is 7.36. The number of anilines is 1. The van der Waals surface area contributed by atoms with Gasteiger partial charge in [0.2, 0.25) is 0 Å². The van der Waals surface area contributed by atoms with Gasteiger partial charge in [0.1, 0.15) is 6.61 Å². The third kappa shape index (κ3) is 2.22. The fraction of sp³-hybridized carbons (Fsp3) is 0.125. The highest BCUT2D eigenvalue weighted by atomic mass is 35.7. The molecule has 1 aromatic rings. The maximum Gasteiger partial charge on any atom is 0.261 e. The molecule has 0 saturated heterocycles. The lowest BCUT2D eigenvalue weighted by atomic mass is 10.2. The monoisotopic (exact) mass is 263 g/mol. The Balaban J connectivity index is 2.50. The number of nitrogens with one attached hydrogen (secondary N) is 1. The summed E-state index contributed by atoms with van der Waals surface area (Å²) < 4.78 is 27.2. The molecule has 80 valence electrons. The van der Waals surface area contributed by atoms with Crippen molar-refractivity contribution in [3.63, 3.8) is 0 Å². The molecule has 0 unspecified atom stereocenters. The Bertz CT molecular complexity index is 527. The van der Waals surface area contributed by atoms with E-state index in [1.54, 1.807) is 6.07 Å². The molecule has 4 nitrogen and oxygen atoms in total. The Morgan fingerprint density at radius 2 is 2.20 bits per heavy atom. The van der Waals surface area contributed by atoms with E-state index in [1.165, 1.54) is 12.1 Å². The quantitative estimate of drug-likeness (QED) is 0.619. The summed E-state index contributed by atoms with van der Waals surface area (Å²) in [6, 6.07) is 4.51. The van der Waals surface area contributed by atoms with E-state index in [9.17, 15) is 8.42 Å². The Hall–Kier alpha value is -0.850. The molecule has 2 rings (SSSR count). The summed E-state index contributed by atoms with van der Waals surface area (Å²) in [4.78, 5) is 0.0418. The van der Waals surface area contributed by atoms with Gasteiger partial charge in [-0.05, 0) is 24.4 Å². The first kappa shape index (κ1) is 10.7. The van der Waals surface area contributed by atoms with Crippen LogP contribution in [0.15, 0.2) is 23.1 Å². The molecule has 1 aliphatic rings. The predicted molar refractivity (Wildman–Crippen MR) is 60.5 cm³/mol. The zero-order chi connectivity index (χ0) is 11.1. The lowest BCUT2D eigenvalue weighted by Gasteiger charge is -2.19. The van der Waals surface area contributed by atoms with Crippen LogP contribution in [0.2, 0.25) is 0 Å².